The van der Waals surface area contributed by atoms with E-state index in [1.807, 2.05) is 12.1 Å². The maximum Gasteiger partial charge on any atom is 0.143 e. The van der Waals surface area contributed by atoms with E-state index in [4.69, 9.17) is 0 Å². The van der Waals surface area contributed by atoms with Crippen LogP contribution < -0.4 is 5.32 Å². The van der Waals surface area contributed by atoms with Gasteiger partial charge < -0.3 is 5.32 Å². The summed E-state index contributed by atoms with van der Waals surface area (Å²) in [5.74, 6) is 0. The van der Waals surface area contributed by atoms with E-state index in [1.165, 1.54) is 11.1 Å². The second-order valence-electron chi connectivity index (χ2n) is 5.32. The highest BCUT2D eigenvalue weighted by atomic mass is 15.5. The quantitative estimate of drug-likeness (QED) is 0.797. The lowest BCUT2D eigenvalue weighted by molar-refractivity contribution is 0.773. The summed E-state index contributed by atoms with van der Waals surface area (Å²) in [6.45, 7) is 0. The van der Waals surface area contributed by atoms with Crippen LogP contribution >= 0.6 is 0 Å². The Morgan fingerprint density at radius 2 is 1.67 bits per heavy atom. The van der Waals surface area contributed by atoms with Gasteiger partial charge in [0, 0.05) is 11.7 Å². The van der Waals surface area contributed by atoms with Gasteiger partial charge in [0.15, 0.2) is 0 Å². The summed E-state index contributed by atoms with van der Waals surface area (Å²) in [6.07, 6.45) is 3.77. The minimum atomic E-state index is 0.473. The summed E-state index contributed by atoms with van der Waals surface area (Å²) in [5, 5.41) is 14.8. The van der Waals surface area contributed by atoms with Gasteiger partial charge in [-0.1, -0.05) is 24.3 Å². The molecule has 1 aromatic heterocycles. The molecule has 21 heavy (non-hydrogen) atoms. The van der Waals surface area contributed by atoms with Crippen LogP contribution in [-0.4, -0.2) is 26.2 Å². The summed E-state index contributed by atoms with van der Waals surface area (Å²) in [5.41, 5.74) is 5.01. The van der Waals surface area contributed by atoms with Gasteiger partial charge in [-0.25, -0.2) is 4.68 Å². The van der Waals surface area contributed by atoms with Crippen LogP contribution in [0, 0.1) is 0 Å². The maximum absolute atomic E-state index is 3.88. The molecule has 0 atom stereocenters. The van der Waals surface area contributed by atoms with E-state index < -0.39 is 0 Å². The molecule has 1 aliphatic rings. The number of hydrogen-bond donors (Lipinski definition) is 1. The van der Waals surface area contributed by atoms with Crippen molar-refractivity contribution in [3.63, 3.8) is 0 Å². The number of anilines is 1. The lowest BCUT2D eigenvalue weighted by Gasteiger charge is -2.13. The number of benzene rings is 2. The van der Waals surface area contributed by atoms with E-state index in [0.29, 0.717) is 6.04 Å². The first-order valence-corrected chi connectivity index (χ1v) is 7.05. The van der Waals surface area contributed by atoms with E-state index in [2.05, 4.69) is 57.2 Å². The van der Waals surface area contributed by atoms with Crippen molar-refractivity contribution < 1.29 is 0 Å². The van der Waals surface area contributed by atoms with Crippen LogP contribution in [0.5, 0.6) is 0 Å². The fourth-order valence-electron chi connectivity index (χ4n) is 2.89. The van der Waals surface area contributed by atoms with Crippen molar-refractivity contribution >= 4 is 5.69 Å². The topological polar surface area (TPSA) is 55.6 Å². The SMILES string of the molecule is c1ccc2c(c1)CC(Nc1ccc(-n3cnnn3)cc1)C2. The monoisotopic (exact) mass is 277 g/mol. The number of fused-ring (bicyclic) bond motifs is 1. The molecule has 104 valence electrons. The van der Waals surface area contributed by atoms with Gasteiger partial charge in [-0.15, -0.1) is 5.10 Å². The first kappa shape index (κ1) is 12.1. The Hall–Kier alpha value is -2.69. The Bertz CT molecular complexity index is 709. The van der Waals surface area contributed by atoms with Gasteiger partial charge >= 0.3 is 0 Å². The molecule has 0 saturated heterocycles. The van der Waals surface area contributed by atoms with E-state index in [0.717, 1.165) is 24.2 Å². The molecule has 0 saturated carbocycles. The number of tetrazole rings is 1. The van der Waals surface area contributed by atoms with Crippen molar-refractivity contribution in [2.45, 2.75) is 18.9 Å². The normalized spacial score (nSPS) is 14.1. The average Bonchev–Trinajstić information content (AvgIpc) is 3.17. The third-order valence-corrected chi connectivity index (χ3v) is 3.90. The van der Waals surface area contributed by atoms with Crippen molar-refractivity contribution in [1.29, 1.82) is 0 Å². The molecule has 0 spiro atoms. The Morgan fingerprint density at radius 3 is 2.29 bits per heavy atom. The predicted molar refractivity (Wildman–Crippen MR) is 80.4 cm³/mol. The Balaban J connectivity index is 1.47. The highest BCUT2D eigenvalue weighted by molar-refractivity contribution is 5.50. The molecule has 2 aromatic carbocycles. The van der Waals surface area contributed by atoms with Gasteiger partial charge in [-0.3, -0.25) is 0 Å². The molecule has 4 rings (SSSR count). The molecule has 5 heteroatoms. The maximum atomic E-state index is 3.88. The molecule has 1 heterocycles. The van der Waals surface area contributed by atoms with Crippen LogP contribution in [0.3, 0.4) is 0 Å². The first-order valence-electron chi connectivity index (χ1n) is 7.05. The van der Waals surface area contributed by atoms with Gasteiger partial charge in [-0.2, -0.15) is 0 Å². The van der Waals surface area contributed by atoms with Crippen molar-refractivity contribution in [1.82, 2.24) is 20.2 Å². The van der Waals surface area contributed by atoms with E-state index in [9.17, 15) is 0 Å². The second kappa shape index (κ2) is 5.01. The molecular weight excluding hydrogens is 262 g/mol. The van der Waals surface area contributed by atoms with Crippen molar-refractivity contribution in [2.75, 3.05) is 5.32 Å². The van der Waals surface area contributed by atoms with Crippen molar-refractivity contribution in [2.24, 2.45) is 0 Å². The van der Waals surface area contributed by atoms with Crippen molar-refractivity contribution in [3.8, 4) is 5.69 Å². The molecule has 0 fully saturated rings. The van der Waals surface area contributed by atoms with Crippen LogP contribution in [0.1, 0.15) is 11.1 Å². The van der Waals surface area contributed by atoms with Gasteiger partial charge in [0.05, 0.1) is 5.69 Å². The van der Waals surface area contributed by atoms with Gasteiger partial charge in [0.2, 0.25) is 0 Å². The average molecular weight is 277 g/mol. The Kier molecular flexibility index (Phi) is 2.88. The lowest BCUT2D eigenvalue weighted by Crippen LogP contribution is -2.19. The van der Waals surface area contributed by atoms with E-state index in [1.54, 1.807) is 11.0 Å². The van der Waals surface area contributed by atoms with Gasteiger partial charge in [0.25, 0.3) is 0 Å². The molecule has 1 N–H and O–H groups in total. The minimum absolute atomic E-state index is 0.473. The zero-order chi connectivity index (χ0) is 14.1. The summed E-state index contributed by atoms with van der Waals surface area (Å²) < 4.78 is 1.65. The number of nitrogens with zero attached hydrogens (tertiary/aromatic N) is 4. The standard InChI is InChI=1S/C16H15N5/c1-2-4-13-10-15(9-12(13)3-1)18-14-5-7-16(8-6-14)21-11-17-19-20-21/h1-8,11,15,18H,9-10H2. The number of hydrogen-bond acceptors (Lipinski definition) is 4. The second-order valence-corrected chi connectivity index (χ2v) is 5.32. The van der Waals surface area contributed by atoms with Crippen LogP contribution in [0.15, 0.2) is 54.9 Å². The highest BCUT2D eigenvalue weighted by Gasteiger charge is 2.20. The molecule has 0 unspecified atom stereocenters. The third-order valence-electron chi connectivity index (χ3n) is 3.90. The molecule has 0 bridgehead atoms. The molecule has 0 amide bonds. The molecule has 0 radical (unpaired) electrons. The first-order chi connectivity index (χ1) is 10.4. The highest BCUT2D eigenvalue weighted by Crippen LogP contribution is 2.24. The molecule has 1 aliphatic carbocycles. The smallest absolute Gasteiger partial charge is 0.143 e. The molecule has 3 aromatic rings. The Labute approximate surface area is 122 Å². The predicted octanol–water partition coefficient (Wildman–Crippen LogP) is 2.24. The summed E-state index contributed by atoms with van der Waals surface area (Å²) in [6, 6.07) is 17.3. The van der Waals surface area contributed by atoms with Crippen LogP contribution in [-0.2, 0) is 12.8 Å². The zero-order valence-electron chi connectivity index (χ0n) is 11.5. The fraction of sp³-hybridized carbons (Fsp3) is 0.188. The van der Waals surface area contributed by atoms with Crippen LogP contribution in [0.4, 0.5) is 5.69 Å². The summed E-state index contributed by atoms with van der Waals surface area (Å²) >= 11 is 0. The summed E-state index contributed by atoms with van der Waals surface area (Å²) in [7, 11) is 0. The number of nitrogens with one attached hydrogen (secondary N) is 1. The van der Waals surface area contributed by atoms with Gasteiger partial charge in [-0.05, 0) is 58.7 Å². The number of aromatic nitrogens is 4. The van der Waals surface area contributed by atoms with Crippen molar-refractivity contribution in [3.05, 3.63) is 66.0 Å². The van der Waals surface area contributed by atoms with Gasteiger partial charge in [0.1, 0.15) is 6.33 Å². The minimum Gasteiger partial charge on any atom is -0.382 e. The fourth-order valence-corrected chi connectivity index (χ4v) is 2.89. The molecule has 5 nitrogen and oxygen atoms in total. The van der Waals surface area contributed by atoms with E-state index in [-0.39, 0.29) is 0 Å². The molecular formula is C16H15N5. The third kappa shape index (κ3) is 2.38. The van der Waals surface area contributed by atoms with Crippen LogP contribution in [0.2, 0.25) is 0 Å². The largest absolute Gasteiger partial charge is 0.382 e. The number of rotatable bonds is 3. The lowest BCUT2D eigenvalue weighted by atomic mass is 10.1. The molecule has 0 aliphatic heterocycles. The zero-order valence-corrected chi connectivity index (χ0v) is 11.5. The Morgan fingerprint density at radius 1 is 0.952 bits per heavy atom. The van der Waals surface area contributed by atoms with E-state index >= 15 is 0 Å². The van der Waals surface area contributed by atoms with Crippen LogP contribution in [0.25, 0.3) is 5.69 Å². The summed E-state index contributed by atoms with van der Waals surface area (Å²) in [4.78, 5) is 0.